The molecule has 8 nitrogen and oxygen atoms in total. The smallest absolute Gasteiger partial charge is 0.306 e. The van der Waals surface area contributed by atoms with Crippen molar-refractivity contribution >= 4 is 17.9 Å². The number of unbranched alkanes of at least 4 members (excludes halogenated alkanes) is 9. The van der Waals surface area contributed by atoms with Gasteiger partial charge in [-0.05, 0) is 109 Å². The first-order valence-electron chi connectivity index (χ1n) is 26.2. The second-order valence-electron chi connectivity index (χ2n) is 18.0. The van der Waals surface area contributed by atoms with Gasteiger partial charge in [0.1, 0.15) is 12.6 Å². The van der Waals surface area contributed by atoms with Crippen LogP contribution in [0.1, 0.15) is 174 Å². The Balaban J connectivity index is 4.38. The number of hydrogen-bond donors (Lipinski definition) is 0. The molecule has 0 aliphatic carbocycles. The largest absolute Gasteiger partial charge is 0.544 e. The average Bonchev–Trinajstić information content (AvgIpc) is 3.30. The molecule has 8 heteroatoms. The minimum absolute atomic E-state index is 0.0137. The van der Waals surface area contributed by atoms with E-state index in [-0.39, 0.29) is 49.1 Å². The van der Waals surface area contributed by atoms with Gasteiger partial charge in [0.05, 0.1) is 40.3 Å². The Bertz CT molecular complexity index is 1570. The molecule has 0 aliphatic rings. The van der Waals surface area contributed by atoms with E-state index >= 15 is 0 Å². The average molecular weight is 942 g/mol. The van der Waals surface area contributed by atoms with Crippen molar-refractivity contribution in [2.45, 2.75) is 187 Å². The second kappa shape index (κ2) is 48.9. The summed E-state index contributed by atoms with van der Waals surface area (Å²) in [5.41, 5.74) is 0. The Hall–Kier alpha value is -4.53. The molecule has 0 spiro atoms. The van der Waals surface area contributed by atoms with E-state index in [1.54, 1.807) is 21.1 Å². The highest BCUT2D eigenvalue weighted by Gasteiger charge is 2.25. The number of aliphatic carboxylic acids is 1. The van der Waals surface area contributed by atoms with Crippen molar-refractivity contribution in [3.63, 3.8) is 0 Å². The zero-order valence-corrected chi connectivity index (χ0v) is 43.5. The topological polar surface area (TPSA) is 102 Å². The number of esters is 2. The molecule has 0 amide bonds. The van der Waals surface area contributed by atoms with Gasteiger partial charge in [0.2, 0.25) is 0 Å². The van der Waals surface area contributed by atoms with Crippen LogP contribution in [0.4, 0.5) is 0 Å². The Morgan fingerprint density at radius 2 is 0.779 bits per heavy atom. The van der Waals surface area contributed by atoms with E-state index < -0.39 is 18.1 Å². The van der Waals surface area contributed by atoms with Crippen LogP contribution >= 0.6 is 0 Å². The molecule has 0 rings (SSSR count). The maximum absolute atomic E-state index is 12.8. The number of carboxylic acid groups (broad SMARTS) is 1. The van der Waals surface area contributed by atoms with E-state index in [4.69, 9.17) is 14.2 Å². The molecule has 68 heavy (non-hydrogen) atoms. The Morgan fingerprint density at radius 1 is 0.441 bits per heavy atom. The number of carboxylic acids is 1. The van der Waals surface area contributed by atoms with Gasteiger partial charge in [0.25, 0.3) is 0 Å². The van der Waals surface area contributed by atoms with Crippen LogP contribution in [0.15, 0.2) is 134 Å². The molecule has 0 saturated heterocycles. The molecule has 0 heterocycles. The monoisotopic (exact) mass is 942 g/mol. The third kappa shape index (κ3) is 46.6. The van der Waals surface area contributed by atoms with Crippen molar-refractivity contribution in [1.82, 2.24) is 0 Å². The van der Waals surface area contributed by atoms with Crippen molar-refractivity contribution in [3.05, 3.63) is 134 Å². The molecule has 0 aromatic rings. The van der Waals surface area contributed by atoms with Crippen molar-refractivity contribution in [3.8, 4) is 0 Å². The number of quaternary nitrogens is 1. The Labute approximate surface area is 415 Å². The van der Waals surface area contributed by atoms with Crippen LogP contribution < -0.4 is 5.11 Å². The van der Waals surface area contributed by atoms with E-state index in [1.807, 2.05) is 0 Å². The number of allylic oxidation sites excluding steroid dienone is 22. The maximum atomic E-state index is 12.8. The zero-order valence-electron chi connectivity index (χ0n) is 43.5. The van der Waals surface area contributed by atoms with Crippen LogP contribution in [0.25, 0.3) is 0 Å². The molecule has 2 atom stereocenters. The van der Waals surface area contributed by atoms with Crippen LogP contribution in [0.5, 0.6) is 0 Å². The number of rotatable bonds is 45. The first-order valence-corrected chi connectivity index (χ1v) is 26.2. The lowest BCUT2D eigenvalue weighted by molar-refractivity contribution is -0.889. The molecule has 0 aliphatic heterocycles. The quantitative estimate of drug-likeness (QED) is 0.0259. The summed E-state index contributed by atoms with van der Waals surface area (Å²) in [6.07, 6.45) is 70.5. The highest BCUT2D eigenvalue weighted by Crippen LogP contribution is 2.13. The standard InChI is InChI=1S/C60H95NO7/c1-6-8-10-12-14-16-18-20-22-24-26-28-30-32-34-36-38-40-42-44-46-48-50-58(62)67-55-56(54-66-53-52-57(60(64)65)61(3,4)5)68-59(63)51-49-47-45-43-41-39-37-35-33-31-29-27-25-23-21-19-17-15-13-11-9-7-2/h8-11,14-17,20-23,26-29,32-35,38,40,56-57H,6-7,12-13,18-19,24-25,30-31,36-37,39,41-55H2,1-5H3/b10-8+,11-9+,16-14+,17-15+,22-20+,23-21+,28-26+,29-27+,34-32+,35-33+,40-38+. The predicted molar refractivity (Wildman–Crippen MR) is 286 cm³/mol. The van der Waals surface area contributed by atoms with Crippen molar-refractivity contribution in [1.29, 1.82) is 0 Å². The molecule has 0 aromatic carbocycles. The Morgan fingerprint density at radius 3 is 1.16 bits per heavy atom. The van der Waals surface area contributed by atoms with Crippen LogP contribution in [-0.2, 0) is 28.6 Å². The second-order valence-corrected chi connectivity index (χ2v) is 18.0. The van der Waals surface area contributed by atoms with Gasteiger partial charge in [0, 0.05) is 19.3 Å². The number of nitrogens with zero attached hydrogens (tertiary/aromatic N) is 1. The molecular weight excluding hydrogens is 847 g/mol. The van der Waals surface area contributed by atoms with E-state index in [1.165, 1.54) is 6.42 Å². The lowest BCUT2D eigenvalue weighted by Crippen LogP contribution is -2.55. The van der Waals surface area contributed by atoms with Crippen LogP contribution in [0.2, 0.25) is 0 Å². The van der Waals surface area contributed by atoms with E-state index in [9.17, 15) is 19.5 Å². The lowest BCUT2D eigenvalue weighted by atomic mass is 10.1. The number of ether oxygens (including phenoxy) is 3. The molecule has 0 saturated carbocycles. The van der Waals surface area contributed by atoms with Gasteiger partial charge in [0.15, 0.2) is 6.10 Å². The normalized spacial score (nSPS) is 14.0. The zero-order chi connectivity index (χ0) is 49.9. The van der Waals surface area contributed by atoms with E-state index in [2.05, 4.69) is 148 Å². The first-order chi connectivity index (χ1) is 33.1. The van der Waals surface area contributed by atoms with Crippen molar-refractivity contribution < 1.29 is 38.2 Å². The number of hydrogen-bond acceptors (Lipinski definition) is 7. The minimum atomic E-state index is -1.14. The van der Waals surface area contributed by atoms with Crippen LogP contribution in [-0.4, -0.2) is 75.5 Å². The summed E-state index contributed by atoms with van der Waals surface area (Å²) in [6.45, 7) is 4.37. The molecule has 0 N–H and O–H groups in total. The molecule has 0 radical (unpaired) electrons. The third-order valence-corrected chi connectivity index (χ3v) is 10.8. The SMILES string of the molecule is CC/C=C/C/C=C/C/C=C/C/C=C/C/C=C/C/C=C/CCCCCC(=O)OCC(COCCC(C(=O)[O-])[N+](C)(C)C)OC(=O)CCCCCCCC/C=C/C/C=C/C/C=C/C/C=C/C/C=C/CC. The minimum Gasteiger partial charge on any atom is -0.544 e. The van der Waals surface area contributed by atoms with E-state index in [0.29, 0.717) is 6.42 Å². The number of carbonyl (C=O) groups is 3. The summed E-state index contributed by atoms with van der Waals surface area (Å²) in [7, 11) is 5.39. The summed E-state index contributed by atoms with van der Waals surface area (Å²) >= 11 is 0. The number of likely N-dealkylation sites (N-methyl/N-ethyl adjacent to an activating group) is 1. The van der Waals surface area contributed by atoms with Gasteiger partial charge < -0.3 is 28.6 Å². The molecular formula is C60H95NO7. The van der Waals surface area contributed by atoms with Gasteiger partial charge in [-0.15, -0.1) is 0 Å². The summed E-state index contributed by atoms with van der Waals surface area (Å²) in [4.78, 5) is 37.1. The highest BCUT2D eigenvalue weighted by atomic mass is 16.6. The van der Waals surface area contributed by atoms with Gasteiger partial charge in [-0.25, -0.2) is 0 Å². The summed E-state index contributed by atoms with van der Waals surface area (Å²) in [5.74, 6) is -1.81. The summed E-state index contributed by atoms with van der Waals surface area (Å²) in [6, 6.07) is -0.744. The number of carbonyl (C=O) groups excluding carboxylic acids is 3. The van der Waals surface area contributed by atoms with Gasteiger partial charge in [-0.1, -0.05) is 180 Å². The molecule has 0 aromatic heterocycles. The maximum Gasteiger partial charge on any atom is 0.306 e. The van der Waals surface area contributed by atoms with Gasteiger partial charge in [-0.3, -0.25) is 9.59 Å². The summed E-state index contributed by atoms with van der Waals surface area (Å²) < 4.78 is 17.2. The van der Waals surface area contributed by atoms with Crippen LogP contribution in [0.3, 0.4) is 0 Å². The fourth-order valence-corrected chi connectivity index (χ4v) is 6.81. The van der Waals surface area contributed by atoms with E-state index in [0.717, 1.165) is 135 Å². The van der Waals surface area contributed by atoms with Crippen LogP contribution in [0, 0.1) is 0 Å². The van der Waals surface area contributed by atoms with Gasteiger partial charge in [-0.2, -0.15) is 0 Å². The highest BCUT2D eigenvalue weighted by molar-refractivity contribution is 5.70. The fraction of sp³-hybridized carbons (Fsp3) is 0.583. The first kappa shape index (κ1) is 63.5. The Kier molecular flexibility index (Phi) is 45.7. The lowest BCUT2D eigenvalue weighted by Gasteiger charge is -2.34. The molecule has 382 valence electrons. The third-order valence-electron chi connectivity index (χ3n) is 10.8. The van der Waals surface area contributed by atoms with Crippen molar-refractivity contribution in [2.24, 2.45) is 0 Å². The summed E-state index contributed by atoms with van der Waals surface area (Å²) in [5, 5.41) is 11.7. The van der Waals surface area contributed by atoms with Gasteiger partial charge >= 0.3 is 11.9 Å². The molecule has 0 fully saturated rings. The fourth-order valence-electron chi connectivity index (χ4n) is 6.81. The van der Waals surface area contributed by atoms with Crippen molar-refractivity contribution in [2.75, 3.05) is 41.0 Å². The molecule has 2 unspecified atom stereocenters. The predicted octanol–water partition coefficient (Wildman–Crippen LogP) is 14.2. The molecule has 0 bridgehead atoms.